The fourth-order valence-corrected chi connectivity index (χ4v) is 1.77. The third-order valence-corrected chi connectivity index (χ3v) is 2.52. The van der Waals surface area contributed by atoms with E-state index < -0.39 is 17.8 Å². The summed E-state index contributed by atoms with van der Waals surface area (Å²) in [5, 5.41) is 9.39. The Balaban J connectivity index is 2.42. The van der Waals surface area contributed by atoms with E-state index in [-0.39, 0.29) is 0 Å². The number of alkyl halides is 3. The quantitative estimate of drug-likeness (QED) is 0.685. The van der Waals surface area contributed by atoms with Crippen LogP contribution in [0.5, 0.6) is 0 Å². The smallest absolute Gasteiger partial charge is 0.388 e. The molecule has 1 aromatic carbocycles. The summed E-state index contributed by atoms with van der Waals surface area (Å²) in [4.78, 5) is 0. The van der Waals surface area contributed by atoms with Crippen molar-refractivity contribution >= 4 is 0 Å². The molecule has 2 rings (SSSR count). The van der Waals surface area contributed by atoms with Crippen molar-refractivity contribution in [1.82, 2.24) is 0 Å². The van der Waals surface area contributed by atoms with Crippen molar-refractivity contribution in [2.75, 3.05) is 0 Å². The lowest BCUT2D eigenvalue weighted by molar-refractivity contribution is -0.137. The fraction of sp³-hybridized carbons (Fsp3) is 0.400. The first kappa shape index (κ1) is 9.52. The van der Waals surface area contributed by atoms with E-state index >= 15 is 0 Å². The number of benzene rings is 1. The lowest BCUT2D eigenvalue weighted by Crippen LogP contribution is -2.05. The van der Waals surface area contributed by atoms with Crippen molar-refractivity contribution in [1.29, 1.82) is 0 Å². The predicted molar refractivity (Wildman–Crippen MR) is 44.7 cm³/mol. The van der Waals surface area contributed by atoms with Crippen LogP contribution in [-0.2, 0) is 12.6 Å². The van der Waals surface area contributed by atoms with Gasteiger partial charge >= 0.3 is 6.18 Å². The van der Waals surface area contributed by atoms with Crippen LogP contribution >= 0.6 is 0 Å². The minimum Gasteiger partial charge on any atom is -0.388 e. The molecule has 0 aliphatic heterocycles. The van der Waals surface area contributed by atoms with Crippen LogP contribution in [0.15, 0.2) is 18.2 Å². The number of hydrogen-bond acceptors (Lipinski definition) is 1. The molecule has 1 nitrogen and oxygen atoms in total. The third-order valence-electron chi connectivity index (χ3n) is 2.52. The average Bonchev–Trinajstić information content (AvgIpc) is 2.46. The van der Waals surface area contributed by atoms with Gasteiger partial charge in [-0.25, -0.2) is 0 Å². The standard InChI is InChI=1S/C10H9F3O/c11-10(12,13)7-2-3-8-6(5-7)1-4-9(8)14/h2-3,5,9,14H,1,4H2/t9-/m1/s1. The summed E-state index contributed by atoms with van der Waals surface area (Å²) in [6.07, 6.45) is -3.83. The van der Waals surface area contributed by atoms with E-state index in [1.807, 2.05) is 0 Å². The molecule has 0 bridgehead atoms. The maximum Gasteiger partial charge on any atom is 0.416 e. The van der Waals surface area contributed by atoms with Crippen LogP contribution in [-0.4, -0.2) is 5.11 Å². The van der Waals surface area contributed by atoms with E-state index in [0.717, 1.165) is 12.1 Å². The first-order valence-corrected chi connectivity index (χ1v) is 4.36. The van der Waals surface area contributed by atoms with E-state index in [1.54, 1.807) is 0 Å². The summed E-state index contributed by atoms with van der Waals surface area (Å²) < 4.78 is 36.9. The van der Waals surface area contributed by atoms with Crippen LogP contribution in [0.25, 0.3) is 0 Å². The maximum absolute atomic E-state index is 12.3. The predicted octanol–water partition coefficient (Wildman–Crippen LogP) is 2.69. The molecule has 0 spiro atoms. The lowest BCUT2D eigenvalue weighted by Gasteiger charge is -2.09. The van der Waals surface area contributed by atoms with E-state index in [1.165, 1.54) is 6.07 Å². The number of aliphatic hydroxyl groups excluding tert-OH is 1. The third kappa shape index (κ3) is 1.50. The van der Waals surface area contributed by atoms with Crippen molar-refractivity contribution in [3.63, 3.8) is 0 Å². The number of halogens is 3. The normalized spacial score (nSPS) is 21.0. The van der Waals surface area contributed by atoms with Crippen molar-refractivity contribution in [2.24, 2.45) is 0 Å². The highest BCUT2D eigenvalue weighted by Gasteiger charge is 2.32. The molecule has 1 aliphatic carbocycles. The van der Waals surface area contributed by atoms with E-state index in [9.17, 15) is 18.3 Å². The molecule has 0 aromatic heterocycles. The molecule has 76 valence electrons. The van der Waals surface area contributed by atoms with Crippen LogP contribution in [0.1, 0.15) is 29.2 Å². The maximum atomic E-state index is 12.3. The molecule has 0 unspecified atom stereocenters. The van der Waals surface area contributed by atoms with Gasteiger partial charge in [-0.3, -0.25) is 0 Å². The Labute approximate surface area is 79.2 Å². The Bertz CT molecular complexity index is 357. The number of fused-ring (bicyclic) bond motifs is 1. The molecule has 0 saturated heterocycles. The molecular formula is C10H9F3O. The Morgan fingerprint density at radius 3 is 2.64 bits per heavy atom. The van der Waals surface area contributed by atoms with Gasteiger partial charge in [0, 0.05) is 0 Å². The van der Waals surface area contributed by atoms with Crippen molar-refractivity contribution in [2.45, 2.75) is 25.1 Å². The summed E-state index contributed by atoms with van der Waals surface area (Å²) in [6.45, 7) is 0. The second kappa shape index (κ2) is 2.98. The van der Waals surface area contributed by atoms with E-state index in [0.29, 0.717) is 24.0 Å². The Morgan fingerprint density at radius 1 is 1.29 bits per heavy atom. The van der Waals surface area contributed by atoms with Gasteiger partial charge in [0.15, 0.2) is 0 Å². The molecule has 0 radical (unpaired) electrons. The van der Waals surface area contributed by atoms with Crippen LogP contribution in [0.4, 0.5) is 13.2 Å². The van der Waals surface area contributed by atoms with Crippen molar-refractivity contribution in [3.05, 3.63) is 34.9 Å². The molecular weight excluding hydrogens is 193 g/mol. The van der Waals surface area contributed by atoms with Crippen LogP contribution in [0.2, 0.25) is 0 Å². The zero-order valence-electron chi connectivity index (χ0n) is 7.30. The molecule has 14 heavy (non-hydrogen) atoms. The van der Waals surface area contributed by atoms with Gasteiger partial charge in [-0.15, -0.1) is 0 Å². The number of aryl methyl sites for hydroxylation is 1. The summed E-state index contributed by atoms with van der Waals surface area (Å²) in [5.74, 6) is 0. The van der Waals surface area contributed by atoms with Crippen molar-refractivity contribution in [3.8, 4) is 0 Å². The van der Waals surface area contributed by atoms with E-state index in [2.05, 4.69) is 0 Å². The zero-order chi connectivity index (χ0) is 10.3. The Morgan fingerprint density at radius 2 is 2.00 bits per heavy atom. The molecule has 0 amide bonds. The molecule has 1 N–H and O–H groups in total. The highest BCUT2D eigenvalue weighted by molar-refractivity contribution is 5.37. The monoisotopic (exact) mass is 202 g/mol. The van der Waals surface area contributed by atoms with Crippen LogP contribution in [0.3, 0.4) is 0 Å². The minimum absolute atomic E-state index is 0.524. The number of hydrogen-bond donors (Lipinski definition) is 1. The number of rotatable bonds is 0. The second-order valence-electron chi connectivity index (χ2n) is 3.47. The lowest BCUT2D eigenvalue weighted by atomic mass is 10.1. The summed E-state index contributed by atoms with van der Waals surface area (Å²) in [5.41, 5.74) is 0.621. The van der Waals surface area contributed by atoms with Gasteiger partial charge in [0.25, 0.3) is 0 Å². The number of aliphatic hydroxyl groups is 1. The average molecular weight is 202 g/mol. The van der Waals surface area contributed by atoms with Crippen LogP contribution in [0, 0.1) is 0 Å². The topological polar surface area (TPSA) is 20.2 Å². The SMILES string of the molecule is O[C@@H]1CCc2cc(C(F)(F)F)ccc21. The van der Waals surface area contributed by atoms with Gasteiger partial charge < -0.3 is 5.11 Å². The highest BCUT2D eigenvalue weighted by Crippen LogP contribution is 2.36. The molecule has 0 saturated carbocycles. The highest BCUT2D eigenvalue weighted by atomic mass is 19.4. The van der Waals surface area contributed by atoms with Gasteiger partial charge in [-0.1, -0.05) is 6.07 Å². The molecule has 1 aliphatic rings. The van der Waals surface area contributed by atoms with Gasteiger partial charge in [-0.05, 0) is 36.1 Å². The largest absolute Gasteiger partial charge is 0.416 e. The first-order valence-electron chi connectivity index (χ1n) is 4.36. The Kier molecular flexibility index (Phi) is 2.03. The summed E-state index contributed by atoms with van der Waals surface area (Å²) in [7, 11) is 0. The van der Waals surface area contributed by atoms with Gasteiger partial charge in [0.05, 0.1) is 11.7 Å². The summed E-state index contributed by atoms with van der Waals surface area (Å²) >= 11 is 0. The van der Waals surface area contributed by atoms with Crippen molar-refractivity contribution < 1.29 is 18.3 Å². The second-order valence-corrected chi connectivity index (χ2v) is 3.47. The molecule has 1 atom stereocenters. The molecule has 0 heterocycles. The van der Waals surface area contributed by atoms with Gasteiger partial charge in [0.2, 0.25) is 0 Å². The minimum atomic E-state index is -4.29. The molecule has 1 aromatic rings. The molecule has 4 heteroatoms. The fourth-order valence-electron chi connectivity index (χ4n) is 1.77. The first-order chi connectivity index (χ1) is 6.48. The van der Waals surface area contributed by atoms with Gasteiger partial charge in [0.1, 0.15) is 0 Å². The van der Waals surface area contributed by atoms with Crippen LogP contribution < -0.4 is 0 Å². The summed E-state index contributed by atoms with van der Waals surface area (Å²) in [6, 6.07) is 3.52. The Hall–Kier alpha value is -1.03. The molecule has 0 fully saturated rings. The zero-order valence-corrected chi connectivity index (χ0v) is 7.30. The van der Waals surface area contributed by atoms with E-state index in [4.69, 9.17) is 0 Å². The van der Waals surface area contributed by atoms with Gasteiger partial charge in [-0.2, -0.15) is 13.2 Å².